The number of allylic oxidation sites excluding steroid dienone is 1. The van der Waals surface area contributed by atoms with Crippen molar-refractivity contribution in [2.45, 2.75) is 58.8 Å². The molecule has 0 saturated carbocycles. The van der Waals surface area contributed by atoms with Crippen molar-refractivity contribution in [3.8, 4) is 0 Å². The van der Waals surface area contributed by atoms with Gasteiger partial charge in [0, 0.05) is 36.6 Å². The van der Waals surface area contributed by atoms with E-state index in [1.54, 1.807) is 17.7 Å². The lowest BCUT2D eigenvalue weighted by atomic mass is 9.95. The smallest absolute Gasteiger partial charge is 0.223 e. The van der Waals surface area contributed by atoms with E-state index in [4.69, 9.17) is 4.98 Å². The van der Waals surface area contributed by atoms with E-state index in [-0.39, 0.29) is 11.8 Å². The van der Waals surface area contributed by atoms with Crippen LogP contribution in [0, 0.1) is 19.8 Å². The van der Waals surface area contributed by atoms with Gasteiger partial charge in [-0.3, -0.25) is 4.79 Å². The van der Waals surface area contributed by atoms with Gasteiger partial charge in [0.25, 0.3) is 0 Å². The zero-order chi connectivity index (χ0) is 22.1. The van der Waals surface area contributed by atoms with Crippen molar-refractivity contribution in [2.75, 3.05) is 24.5 Å². The fourth-order valence-electron chi connectivity index (χ4n) is 5.10. The van der Waals surface area contributed by atoms with Gasteiger partial charge in [0.15, 0.2) is 0 Å². The second-order valence-corrected chi connectivity index (χ2v) is 10.1. The fourth-order valence-corrected chi connectivity index (χ4v) is 6.37. The maximum absolute atomic E-state index is 12.7. The number of nitrogens with one attached hydrogen (secondary N) is 1. The molecule has 3 aromatic heterocycles. The van der Waals surface area contributed by atoms with Crippen LogP contribution >= 0.6 is 11.3 Å². The van der Waals surface area contributed by atoms with Crippen molar-refractivity contribution in [1.82, 2.24) is 20.3 Å². The van der Waals surface area contributed by atoms with E-state index in [9.17, 15) is 4.79 Å². The molecule has 0 radical (unpaired) electrons. The highest BCUT2D eigenvalue weighted by molar-refractivity contribution is 7.26. The maximum Gasteiger partial charge on any atom is 0.223 e. The van der Waals surface area contributed by atoms with Crippen LogP contribution in [0.5, 0.6) is 0 Å². The van der Waals surface area contributed by atoms with Gasteiger partial charge in [-0.1, -0.05) is 11.6 Å². The van der Waals surface area contributed by atoms with E-state index in [0.29, 0.717) is 0 Å². The number of amides is 1. The summed E-state index contributed by atoms with van der Waals surface area (Å²) >= 11 is 1.68. The van der Waals surface area contributed by atoms with E-state index < -0.39 is 0 Å². The molecule has 32 heavy (non-hydrogen) atoms. The largest absolute Gasteiger partial charge is 0.356 e. The molecule has 1 aliphatic heterocycles. The van der Waals surface area contributed by atoms with Crippen LogP contribution in [-0.4, -0.2) is 40.5 Å². The first-order valence-electron chi connectivity index (χ1n) is 11.8. The molecule has 7 heteroatoms. The highest BCUT2D eigenvalue weighted by Crippen LogP contribution is 2.38. The summed E-state index contributed by atoms with van der Waals surface area (Å²) in [6, 6.07) is 2.12. The first-order valence-corrected chi connectivity index (χ1v) is 12.6. The Morgan fingerprint density at radius 3 is 2.84 bits per heavy atom. The van der Waals surface area contributed by atoms with Gasteiger partial charge in [-0.05, 0) is 70.4 Å². The standard InChI is InChI=1S/C25H31N5OS/c1-16-14-17(2)29-25-20(16)21-22(32-25)23(28-15-27-21)30-12-9-19(10-13-30)24(31)26-11-8-18-6-4-3-5-7-18/h6,14-15,19H,3-5,7-13H2,1-2H3,(H,26,31). The Kier molecular flexibility index (Phi) is 6.09. The number of piperidine rings is 1. The third-order valence-electron chi connectivity index (χ3n) is 6.83. The zero-order valence-corrected chi connectivity index (χ0v) is 19.8. The Morgan fingerprint density at radius 1 is 1.22 bits per heavy atom. The molecule has 1 saturated heterocycles. The lowest BCUT2D eigenvalue weighted by Crippen LogP contribution is -2.41. The molecule has 0 spiro atoms. The number of aryl methyl sites for hydroxylation is 2. The third-order valence-corrected chi connectivity index (χ3v) is 7.90. The van der Waals surface area contributed by atoms with Crippen molar-refractivity contribution < 1.29 is 4.79 Å². The van der Waals surface area contributed by atoms with Crippen LogP contribution in [0.4, 0.5) is 5.82 Å². The van der Waals surface area contributed by atoms with Gasteiger partial charge in [-0.15, -0.1) is 11.3 Å². The summed E-state index contributed by atoms with van der Waals surface area (Å²) in [5, 5.41) is 4.32. The molecular weight excluding hydrogens is 418 g/mol. The van der Waals surface area contributed by atoms with Crippen LogP contribution in [0.1, 0.15) is 56.2 Å². The molecule has 1 N–H and O–H groups in total. The van der Waals surface area contributed by atoms with Gasteiger partial charge in [0.2, 0.25) is 5.91 Å². The Morgan fingerprint density at radius 2 is 2.06 bits per heavy atom. The molecule has 168 valence electrons. The van der Waals surface area contributed by atoms with Gasteiger partial charge < -0.3 is 10.2 Å². The van der Waals surface area contributed by atoms with E-state index >= 15 is 0 Å². The molecule has 1 amide bonds. The van der Waals surface area contributed by atoms with Crippen LogP contribution in [0.3, 0.4) is 0 Å². The van der Waals surface area contributed by atoms with Crippen molar-refractivity contribution in [3.63, 3.8) is 0 Å². The molecule has 4 heterocycles. The van der Waals surface area contributed by atoms with Crippen molar-refractivity contribution in [3.05, 3.63) is 35.3 Å². The normalized spacial score (nSPS) is 17.7. The lowest BCUT2D eigenvalue weighted by Gasteiger charge is -2.32. The summed E-state index contributed by atoms with van der Waals surface area (Å²) in [5.74, 6) is 1.29. The molecule has 6 nitrogen and oxygen atoms in total. The van der Waals surface area contributed by atoms with Crippen LogP contribution in [0.25, 0.3) is 20.4 Å². The van der Waals surface area contributed by atoms with Crippen LogP contribution in [0.15, 0.2) is 24.0 Å². The number of rotatable bonds is 5. The van der Waals surface area contributed by atoms with Gasteiger partial charge in [0.05, 0.1) is 10.2 Å². The van der Waals surface area contributed by atoms with Crippen molar-refractivity contribution in [1.29, 1.82) is 0 Å². The fraction of sp³-hybridized carbons (Fsp3) is 0.520. The molecule has 0 bridgehead atoms. The molecule has 1 fully saturated rings. The minimum atomic E-state index is 0.0953. The lowest BCUT2D eigenvalue weighted by molar-refractivity contribution is -0.125. The number of aromatic nitrogens is 3. The van der Waals surface area contributed by atoms with Crippen LogP contribution in [0.2, 0.25) is 0 Å². The number of hydrogen-bond donors (Lipinski definition) is 1. The van der Waals surface area contributed by atoms with Crippen LogP contribution in [-0.2, 0) is 4.79 Å². The third kappa shape index (κ3) is 4.22. The molecule has 0 atom stereocenters. The monoisotopic (exact) mass is 449 g/mol. The predicted octanol–water partition coefficient (Wildman–Crippen LogP) is 5.08. The van der Waals surface area contributed by atoms with E-state index in [2.05, 4.69) is 39.3 Å². The first kappa shape index (κ1) is 21.3. The number of carbonyl (C=O) groups is 1. The average molecular weight is 450 g/mol. The van der Waals surface area contributed by atoms with E-state index in [0.717, 1.165) is 70.8 Å². The predicted molar refractivity (Wildman–Crippen MR) is 131 cm³/mol. The Balaban J connectivity index is 1.24. The van der Waals surface area contributed by atoms with Crippen molar-refractivity contribution >= 4 is 43.5 Å². The quantitative estimate of drug-likeness (QED) is 0.550. The number of nitrogens with zero attached hydrogens (tertiary/aromatic N) is 4. The molecule has 0 aromatic carbocycles. The molecule has 2 aliphatic rings. The summed E-state index contributed by atoms with van der Waals surface area (Å²) in [5.41, 5.74) is 4.75. The summed E-state index contributed by atoms with van der Waals surface area (Å²) in [4.78, 5) is 30.0. The van der Waals surface area contributed by atoms with Crippen molar-refractivity contribution in [2.24, 2.45) is 5.92 Å². The molecule has 5 rings (SSSR count). The highest BCUT2D eigenvalue weighted by atomic mass is 32.1. The molecule has 3 aromatic rings. The van der Waals surface area contributed by atoms with E-state index in [1.165, 1.54) is 36.8 Å². The molecule has 0 unspecified atom stereocenters. The minimum Gasteiger partial charge on any atom is -0.356 e. The number of carbonyl (C=O) groups excluding carboxylic acids is 1. The van der Waals surface area contributed by atoms with Gasteiger partial charge >= 0.3 is 0 Å². The maximum atomic E-state index is 12.7. The summed E-state index contributed by atoms with van der Waals surface area (Å²) < 4.78 is 1.10. The number of thiophene rings is 1. The molecular formula is C25H31N5OS. The average Bonchev–Trinajstić information content (AvgIpc) is 3.18. The minimum absolute atomic E-state index is 0.0953. The van der Waals surface area contributed by atoms with Crippen LogP contribution < -0.4 is 10.2 Å². The highest BCUT2D eigenvalue weighted by Gasteiger charge is 2.27. The summed E-state index contributed by atoms with van der Waals surface area (Å²) in [7, 11) is 0. The summed E-state index contributed by atoms with van der Waals surface area (Å²) in [6.45, 7) is 6.61. The van der Waals surface area contributed by atoms with Gasteiger partial charge in [-0.2, -0.15) is 0 Å². The second-order valence-electron chi connectivity index (χ2n) is 9.15. The Hall–Kier alpha value is -2.54. The topological polar surface area (TPSA) is 71.0 Å². The van der Waals surface area contributed by atoms with Gasteiger partial charge in [-0.25, -0.2) is 15.0 Å². The SMILES string of the molecule is Cc1cc(C)c2c(n1)sc1c(N3CCC(C(=O)NCCC4=CCCCC4)CC3)ncnc12. The Labute approximate surface area is 193 Å². The zero-order valence-electron chi connectivity index (χ0n) is 19.0. The number of pyridine rings is 1. The Bertz CT molecular complexity index is 1180. The van der Waals surface area contributed by atoms with Gasteiger partial charge in [0.1, 0.15) is 17.0 Å². The number of fused-ring (bicyclic) bond motifs is 3. The molecule has 1 aliphatic carbocycles. The number of anilines is 1. The first-order chi connectivity index (χ1) is 15.6. The summed E-state index contributed by atoms with van der Waals surface area (Å²) in [6.07, 6.45) is 11.8. The number of hydrogen-bond acceptors (Lipinski definition) is 6. The second kappa shape index (κ2) is 9.14. The van der Waals surface area contributed by atoms with E-state index in [1.807, 2.05) is 6.92 Å².